The fraction of sp³-hybridized carbons (Fsp3) is 0.400. The van der Waals surface area contributed by atoms with E-state index in [1.54, 1.807) is 12.3 Å². The van der Waals surface area contributed by atoms with Crippen molar-refractivity contribution in [1.82, 2.24) is 10.2 Å². The third kappa shape index (κ3) is 2.48. The number of piperidine rings is 1. The molecule has 0 unspecified atom stereocenters. The van der Waals surface area contributed by atoms with E-state index in [-0.39, 0.29) is 5.82 Å². The number of nitrogens with zero attached hydrogens (tertiary/aromatic N) is 2. The van der Waals surface area contributed by atoms with Crippen LogP contribution in [0.2, 0.25) is 0 Å². The van der Waals surface area contributed by atoms with Crippen molar-refractivity contribution in [2.45, 2.75) is 19.8 Å². The molecule has 2 heterocycles. The van der Waals surface area contributed by atoms with Crippen molar-refractivity contribution in [3.8, 4) is 11.3 Å². The summed E-state index contributed by atoms with van der Waals surface area (Å²) in [6.07, 6.45) is 4.06. The minimum Gasteiger partial charge on any atom is -0.369 e. The van der Waals surface area contributed by atoms with Gasteiger partial charge < -0.3 is 4.90 Å². The average molecular weight is 259 g/mol. The first kappa shape index (κ1) is 12.2. The van der Waals surface area contributed by atoms with Gasteiger partial charge in [-0.2, -0.15) is 5.10 Å². The van der Waals surface area contributed by atoms with Crippen molar-refractivity contribution in [1.29, 1.82) is 0 Å². The van der Waals surface area contributed by atoms with Crippen LogP contribution in [0.4, 0.5) is 10.1 Å². The van der Waals surface area contributed by atoms with Crippen molar-refractivity contribution >= 4 is 5.69 Å². The maximum absolute atomic E-state index is 14.3. The van der Waals surface area contributed by atoms with E-state index in [9.17, 15) is 4.39 Å². The van der Waals surface area contributed by atoms with Gasteiger partial charge in [0.15, 0.2) is 0 Å². The van der Waals surface area contributed by atoms with Gasteiger partial charge in [-0.15, -0.1) is 0 Å². The molecule has 1 saturated heterocycles. The summed E-state index contributed by atoms with van der Waals surface area (Å²) in [5, 5.41) is 6.75. The molecule has 19 heavy (non-hydrogen) atoms. The van der Waals surface area contributed by atoms with Crippen LogP contribution in [0, 0.1) is 11.7 Å². The average Bonchev–Trinajstić information content (AvgIpc) is 2.92. The molecule has 0 saturated carbocycles. The standard InChI is InChI=1S/C15H18FN3/c1-11-3-2-8-19(10-11)15-5-4-12(9-13(15)16)14-6-7-17-18-14/h4-7,9,11H,2-3,8,10H2,1H3,(H,17,18)/t11-/m1/s1. The van der Waals surface area contributed by atoms with Crippen LogP contribution in [0.1, 0.15) is 19.8 Å². The van der Waals surface area contributed by atoms with Gasteiger partial charge in [0.2, 0.25) is 0 Å². The summed E-state index contributed by atoms with van der Waals surface area (Å²) in [4.78, 5) is 2.15. The fourth-order valence-corrected chi connectivity index (χ4v) is 2.76. The topological polar surface area (TPSA) is 31.9 Å². The molecule has 2 aromatic rings. The Bertz CT molecular complexity index is 551. The normalized spacial score (nSPS) is 19.7. The number of hydrogen-bond acceptors (Lipinski definition) is 2. The molecule has 0 radical (unpaired) electrons. The van der Waals surface area contributed by atoms with Gasteiger partial charge in [-0.3, -0.25) is 5.10 Å². The molecule has 3 nitrogen and oxygen atoms in total. The molecule has 1 aromatic heterocycles. The van der Waals surface area contributed by atoms with Gasteiger partial charge in [0, 0.05) is 24.8 Å². The summed E-state index contributed by atoms with van der Waals surface area (Å²) in [5.74, 6) is 0.488. The lowest BCUT2D eigenvalue weighted by atomic mass is 9.99. The first-order chi connectivity index (χ1) is 9.24. The molecule has 0 spiro atoms. The quantitative estimate of drug-likeness (QED) is 0.895. The third-order valence-corrected chi connectivity index (χ3v) is 3.76. The minimum absolute atomic E-state index is 0.152. The third-order valence-electron chi connectivity index (χ3n) is 3.76. The highest BCUT2D eigenvalue weighted by molar-refractivity contribution is 5.63. The van der Waals surface area contributed by atoms with E-state index in [2.05, 4.69) is 22.0 Å². The van der Waals surface area contributed by atoms with E-state index in [0.717, 1.165) is 36.5 Å². The second kappa shape index (κ2) is 5.03. The van der Waals surface area contributed by atoms with Crippen molar-refractivity contribution in [2.24, 2.45) is 5.92 Å². The number of nitrogens with one attached hydrogen (secondary N) is 1. The second-order valence-corrected chi connectivity index (χ2v) is 5.33. The van der Waals surface area contributed by atoms with Crippen LogP contribution < -0.4 is 4.90 Å². The number of H-pyrrole nitrogens is 1. The molecule has 1 fully saturated rings. The van der Waals surface area contributed by atoms with Crippen molar-refractivity contribution in [2.75, 3.05) is 18.0 Å². The zero-order valence-corrected chi connectivity index (χ0v) is 11.1. The molecule has 1 N–H and O–H groups in total. The van der Waals surface area contributed by atoms with E-state index in [0.29, 0.717) is 5.92 Å². The fourth-order valence-electron chi connectivity index (χ4n) is 2.76. The Balaban J connectivity index is 1.87. The molecule has 0 amide bonds. The Labute approximate surface area is 112 Å². The number of aromatic nitrogens is 2. The summed E-state index contributed by atoms with van der Waals surface area (Å²) >= 11 is 0. The predicted octanol–water partition coefficient (Wildman–Crippen LogP) is 3.45. The molecule has 3 rings (SSSR count). The molecule has 1 aromatic carbocycles. The SMILES string of the molecule is C[C@@H]1CCCN(c2ccc(-c3ccn[nH]3)cc2F)C1. The largest absolute Gasteiger partial charge is 0.369 e. The van der Waals surface area contributed by atoms with E-state index in [4.69, 9.17) is 0 Å². The highest BCUT2D eigenvalue weighted by Gasteiger charge is 2.19. The van der Waals surface area contributed by atoms with Crippen LogP contribution in [0.3, 0.4) is 0 Å². The lowest BCUT2D eigenvalue weighted by Crippen LogP contribution is -2.34. The number of anilines is 1. The number of aromatic amines is 1. The molecule has 1 aliphatic rings. The first-order valence-electron chi connectivity index (χ1n) is 6.78. The summed E-state index contributed by atoms with van der Waals surface area (Å²) in [6.45, 7) is 4.12. The Kier molecular flexibility index (Phi) is 3.23. The van der Waals surface area contributed by atoms with Crippen LogP contribution in [-0.4, -0.2) is 23.3 Å². The van der Waals surface area contributed by atoms with Crippen LogP contribution in [0.5, 0.6) is 0 Å². The predicted molar refractivity (Wildman–Crippen MR) is 74.6 cm³/mol. The van der Waals surface area contributed by atoms with Gasteiger partial charge in [-0.05, 0) is 37.0 Å². The zero-order chi connectivity index (χ0) is 13.2. The minimum atomic E-state index is -0.152. The summed E-state index contributed by atoms with van der Waals surface area (Å²) in [5.41, 5.74) is 2.40. The molecular weight excluding hydrogens is 241 g/mol. The van der Waals surface area contributed by atoms with Crippen LogP contribution >= 0.6 is 0 Å². The number of halogens is 1. The van der Waals surface area contributed by atoms with Crippen molar-refractivity contribution < 1.29 is 4.39 Å². The van der Waals surface area contributed by atoms with E-state index >= 15 is 0 Å². The van der Waals surface area contributed by atoms with Crippen molar-refractivity contribution in [3.05, 3.63) is 36.3 Å². The van der Waals surface area contributed by atoms with E-state index in [1.165, 1.54) is 6.42 Å². The maximum Gasteiger partial charge on any atom is 0.147 e. The Hall–Kier alpha value is -1.84. The number of hydrogen-bond donors (Lipinski definition) is 1. The number of benzene rings is 1. The van der Waals surface area contributed by atoms with Crippen molar-refractivity contribution in [3.63, 3.8) is 0 Å². The second-order valence-electron chi connectivity index (χ2n) is 5.33. The Morgan fingerprint density at radius 3 is 2.95 bits per heavy atom. The highest BCUT2D eigenvalue weighted by atomic mass is 19.1. The molecule has 1 aliphatic heterocycles. The van der Waals surface area contributed by atoms with Crippen LogP contribution in [0.25, 0.3) is 11.3 Å². The molecule has 1 atom stereocenters. The molecule has 100 valence electrons. The van der Waals surface area contributed by atoms with Gasteiger partial charge in [-0.25, -0.2) is 4.39 Å². The Morgan fingerprint density at radius 2 is 2.26 bits per heavy atom. The summed E-state index contributed by atoms with van der Waals surface area (Å²) < 4.78 is 14.3. The lowest BCUT2D eigenvalue weighted by molar-refractivity contribution is 0.442. The lowest BCUT2D eigenvalue weighted by Gasteiger charge is -2.33. The van der Waals surface area contributed by atoms with E-state index < -0.39 is 0 Å². The molecule has 4 heteroatoms. The zero-order valence-electron chi connectivity index (χ0n) is 11.1. The maximum atomic E-state index is 14.3. The van der Waals surface area contributed by atoms with E-state index in [1.807, 2.05) is 18.2 Å². The number of rotatable bonds is 2. The molecule has 0 aliphatic carbocycles. The summed E-state index contributed by atoms with van der Waals surface area (Å²) in [7, 11) is 0. The molecular formula is C15H18FN3. The monoisotopic (exact) mass is 259 g/mol. The van der Waals surface area contributed by atoms with Gasteiger partial charge in [-0.1, -0.05) is 13.0 Å². The Morgan fingerprint density at radius 1 is 1.37 bits per heavy atom. The first-order valence-corrected chi connectivity index (χ1v) is 6.78. The highest BCUT2D eigenvalue weighted by Crippen LogP contribution is 2.28. The molecule has 0 bridgehead atoms. The van der Waals surface area contributed by atoms with Gasteiger partial charge in [0.1, 0.15) is 5.82 Å². The van der Waals surface area contributed by atoms with Crippen LogP contribution in [-0.2, 0) is 0 Å². The summed E-state index contributed by atoms with van der Waals surface area (Å²) in [6, 6.07) is 7.26. The van der Waals surface area contributed by atoms with Crippen LogP contribution in [0.15, 0.2) is 30.5 Å². The van der Waals surface area contributed by atoms with Gasteiger partial charge >= 0.3 is 0 Å². The smallest absolute Gasteiger partial charge is 0.147 e. The van der Waals surface area contributed by atoms with Gasteiger partial charge in [0.25, 0.3) is 0 Å². The van der Waals surface area contributed by atoms with Gasteiger partial charge in [0.05, 0.1) is 11.4 Å².